The van der Waals surface area contributed by atoms with E-state index >= 15 is 0 Å². The highest BCUT2D eigenvalue weighted by atomic mass is 19.1. The highest BCUT2D eigenvalue weighted by molar-refractivity contribution is 6.59. The lowest BCUT2D eigenvalue weighted by atomic mass is 10.3. The average Bonchev–Trinajstić information content (AvgIpc) is 2.35. The van der Waals surface area contributed by atoms with E-state index in [0.717, 1.165) is 6.21 Å². The second-order valence-electron chi connectivity index (χ2n) is 3.08. The Bertz CT molecular complexity index is 474. The molecule has 0 saturated carbocycles. The minimum atomic E-state index is -0.751. The van der Waals surface area contributed by atoms with Gasteiger partial charge in [0.2, 0.25) is 0 Å². The van der Waals surface area contributed by atoms with E-state index in [1.54, 1.807) is 13.0 Å². The summed E-state index contributed by atoms with van der Waals surface area (Å²) in [6, 6.07) is 5.52. The Labute approximate surface area is 103 Å². The maximum atomic E-state index is 12.9. The van der Waals surface area contributed by atoms with Crippen LogP contribution in [0.5, 0.6) is 0 Å². The standard InChI is InChI=1S/C11H12FN3O3/c1-2-18-11(16)10(7-13-17)15-14-9-5-3-4-8(12)6-9/h3-7,14,17H,2H2,1H3/b13-7+,15-10-. The number of ether oxygens (including phenoxy) is 1. The van der Waals surface area contributed by atoms with Crippen molar-refractivity contribution in [2.75, 3.05) is 12.0 Å². The second-order valence-corrected chi connectivity index (χ2v) is 3.08. The summed E-state index contributed by atoms with van der Waals surface area (Å²) in [6.45, 7) is 1.79. The zero-order chi connectivity index (χ0) is 13.4. The van der Waals surface area contributed by atoms with Crippen LogP contribution in [0, 0.1) is 5.82 Å². The minimum absolute atomic E-state index is 0.164. The zero-order valence-corrected chi connectivity index (χ0v) is 9.63. The first-order valence-corrected chi connectivity index (χ1v) is 5.11. The minimum Gasteiger partial charge on any atom is -0.461 e. The van der Waals surface area contributed by atoms with Crippen molar-refractivity contribution in [1.29, 1.82) is 0 Å². The molecule has 0 aromatic heterocycles. The SMILES string of the molecule is CCOC(=O)C(/C=N/O)=N\Nc1cccc(F)c1. The van der Waals surface area contributed by atoms with Crippen molar-refractivity contribution < 1.29 is 19.1 Å². The summed E-state index contributed by atoms with van der Waals surface area (Å²) in [5.74, 6) is -1.19. The van der Waals surface area contributed by atoms with Gasteiger partial charge in [0, 0.05) is 0 Å². The fraction of sp³-hybridized carbons (Fsp3) is 0.182. The summed E-state index contributed by atoms with van der Waals surface area (Å²) >= 11 is 0. The number of benzene rings is 1. The molecule has 0 heterocycles. The molecular weight excluding hydrogens is 241 g/mol. The first-order valence-electron chi connectivity index (χ1n) is 5.11. The fourth-order valence-corrected chi connectivity index (χ4v) is 1.07. The van der Waals surface area contributed by atoms with Gasteiger partial charge in [-0.2, -0.15) is 5.10 Å². The highest BCUT2D eigenvalue weighted by Crippen LogP contribution is 2.08. The van der Waals surface area contributed by atoms with Gasteiger partial charge in [0.15, 0.2) is 5.71 Å². The van der Waals surface area contributed by atoms with Crippen molar-refractivity contribution in [3.05, 3.63) is 30.1 Å². The third-order valence-electron chi connectivity index (χ3n) is 1.79. The van der Waals surface area contributed by atoms with Crippen molar-refractivity contribution in [3.63, 3.8) is 0 Å². The van der Waals surface area contributed by atoms with Gasteiger partial charge in [-0.05, 0) is 25.1 Å². The van der Waals surface area contributed by atoms with Gasteiger partial charge in [0.25, 0.3) is 0 Å². The largest absolute Gasteiger partial charge is 0.461 e. The Hall–Kier alpha value is -2.44. The number of hydrogen-bond donors (Lipinski definition) is 2. The van der Waals surface area contributed by atoms with Crippen LogP contribution in [0.1, 0.15) is 6.92 Å². The molecular formula is C11H12FN3O3. The quantitative estimate of drug-likeness (QED) is 0.361. The normalized spacial score (nSPS) is 11.6. The zero-order valence-electron chi connectivity index (χ0n) is 9.63. The van der Waals surface area contributed by atoms with Crippen LogP contribution >= 0.6 is 0 Å². The number of hydrazone groups is 1. The van der Waals surface area contributed by atoms with Crippen LogP contribution in [0.4, 0.5) is 10.1 Å². The van der Waals surface area contributed by atoms with Crippen LogP contribution in [0.25, 0.3) is 0 Å². The molecule has 0 fully saturated rings. The molecule has 1 aromatic carbocycles. The maximum absolute atomic E-state index is 12.9. The lowest BCUT2D eigenvalue weighted by Gasteiger charge is -2.03. The van der Waals surface area contributed by atoms with Gasteiger partial charge >= 0.3 is 5.97 Å². The summed E-state index contributed by atoms with van der Waals surface area (Å²) in [4.78, 5) is 11.4. The molecule has 18 heavy (non-hydrogen) atoms. The molecule has 0 spiro atoms. The Morgan fingerprint density at radius 3 is 3.00 bits per heavy atom. The maximum Gasteiger partial charge on any atom is 0.360 e. The Balaban J connectivity index is 2.80. The van der Waals surface area contributed by atoms with Crippen LogP contribution in [-0.4, -0.2) is 29.7 Å². The van der Waals surface area contributed by atoms with Gasteiger partial charge in [0.05, 0.1) is 12.3 Å². The lowest BCUT2D eigenvalue weighted by Crippen LogP contribution is -2.20. The summed E-state index contributed by atoms with van der Waals surface area (Å²) < 4.78 is 17.6. The molecule has 0 bridgehead atoms. The van der Waals surface area contributed by atoms with E-state index in [4.69, 9.17) is 5.21 Å². The summed E-state index contributed by atoms with van der Waals surface area (Å²) in [5, 5.41) is 14.7. The van der Waals surface area contributed by atoms with Crippen molar-refractivity contribution >= 4 is 23.6 Å². The van der Waals surface area contributed by atoms with Gasteiger partial charge in [0.1, 0.15) is 12.0 Å². The molecule has 0 unspecified atom stereocenters. The molecule has 2 N–H and O–H groups in total. The first kappa shape index (κ1) is 13.6. The number of oxime groups is 1. The smallest absolute Gasteiger partial charge is 0.360 e. The molecule has 0 aliphatic rings. The third kappa shape index (κ3) is 4.20. The van der Waals surface area contributed by atoms with Crippen LogP contribution < -0.4 is 5.43 Å². The number of nitrogens with zero attached hydrogens (tertiary/aromatic N) is 2. The Kier molecular flexibility index (Phi) is 5.30. The van der Waals surface area contributed by atoms with E-state index in [2.05, 4.69) is 20.4 Å². The summed E-state index contributed by atoms with van der Waals surface area (Å²) in [7, 11) is 0. The highest BCUT2D eigenvalue weighted by Gasteiger charge is 2.10. The predicted octanol–water partition coefficient (Wildman–Crippen LogP) is 1.62. The van der Waals surface area contributed by atoms with E-state index in [1.807, 2.05) is 0 Å². The molecule has 96 valence electrons. The number of hydrogen-bond acceptors (Lipinski definition) is 6. The monoisotopic (exact) mass is 253 g/mol. The number of carbonyl (C=O) groups excluding carboxylic acids is 1. The van der Waals surface area contributed by atoms with E-state index in [-0.39, 0.29) is 12.3 Å². The summed E-state index contributed by atoms with van der Waals surface area (Å²) in [6.07, 6.45) is 0.824. The van der Waals surface area contributed by atoms with Crippen LogP contribution in [0.3, 0.4) is 0 Å². The van der Waals surface area contributed by atoms with E-state index in [9.17, 15) is 9.18 Å². The Morgan fingerprint density at radius 2 is 2.39 bits per heavy atom. The van der Waals surface area contributed by atoms with Gasteiger partial charge in [-0.1, -0.05) is 11.2 Å². The molecule has 0 amide bonds. The first-order chi connectivity index (χ1) is 8.67. The van der Waals surface area contributed by atoms with Gasteiger partial charge in [-0.3, -0.25) is 5.43 Å². The van der Waals surface area contributed by atoms with E-state index in [0.29, 0.717) is 5.69 Å². The van der Waals surface area contributed by atoms with Crippen molar-refractivity contribution in [2.45, 2.75) is 6.92 Å². The number of halogens is 1. The molecule has 0 saturated heterocycles. The molecule has 1 rings (SSSR count). The predicted molar refractivity (Wildman–Crippen MR) is 64.4 cm³/mol. The number of carbonyl (C=O) groups is 1. The van der Waals surface area contributed by atoms with Gasteiger partial charge < -0.3 is 9.94 Å². The van der Waals surface area contributed by atoms with E-state index in [1.165, 1.54) is 18.2 Å². The third-order valence-corrected chi connectivity index (χ3v) is 1.79. The molecule has 1 aromatic rings. The van der Waals surface area contributed by atoms with Crippen molar-refractivity contribution in [1.82, 2.24) is 0 Å². The van der Waals surface area contributed by atoms with Crippen LogP contribution in [0.2, 0.25) is 0 Å². The topological polar surface area (TPSA) is 83.3 Å². The molecule has 0 aliphatic heterocycles. The summed E-state index contributed by atoms with van der Waals surface area (Å²) in [5.41, 5.74) is 2.57. The van der Waals surface area contributed by atoms with Crippen molar-refractivity contribution in [2.24, 2.45) is 10.3 Å². The number of anilines is 1. The lowest BCUT2D eigenvalue weighted by molar-refractivity contribution is -0.134. The molecule has 7 heteroatoms. The van der Waals surface area contributed by atoms with E-state index < -0.39 is 11.8 Å². The Morgan fingerprint density at radius 1 is 1.61 bits per heavy atom. The molecule has 6 nitrogen and oxygen atoms in total. The molecule has 0 atom stereocenters. The average molecular weight is 253 g/mol. The fourth-order valence-electron chi connectivity index (χ4n) is 1.07. The number of esters is 1. The van der Waals surface area contributed by atoms with Gasteiger partial charge in [-0.15, -0.1) is 0 Å². The van der Waals surface area contributed by atoms with Crippen LogP contribution in [0.15, 0.2) is 34.5 Å². The second kappa shape index (κ2) is 7.00. The molecule has 0 radical (unpaired) electrons. The van der Waals surface area contributed by atoms with Gasteiger partial charge in [-0.25, -0.2) is 9.18 Å². The van der Waals surface area contributed by atoms with Crippen LogP contribution in [-0.2, 0) is 9.53 Å². The number of rotatable bonds is 5. The van der Waals surface area contributed by atoms with Crippen molar-refractivity contribution in [3.8, 4) is 0 Å². The molecule has 0 aliphatic carbocycles. The number of nitrogens with one attached hydrogen (secondary N) is 1.